The fourth-order valence-corrected chi connectivity index (χ4v) is 3.33. The van der Waals surface area contributed by atoms with E-state index in [4.69, 9.17) is 0 Å². The van der Waals surface area contributed by atoms with Gasteiger partial charge in [0.25, 0.3) is 0 Å². The number of rotatable bonds is 2. The smallest absolute Gasteiger partial charge is 0.103 e. The zero-order valence-electron chi connectivity index (χ0n) is 12.3. The zero-order valence-corrected chi connectivity index (χ0v) is 13.0. The molecule has 106 valence electrons. The van der Waals surface area contributed by atoms with Gasteiger partial charge in [-0.3, -0.25) is 0 Å². The summed E-state index contributed by atoms with van der Waals surface area (Å²) in [6.45, 7) is 1.06. The van der Waals surface area contributed by atoms with E-state index < -0.39 is 0 Å². The molecule has 21 heavy (non-hydrogen) atoms. The second-order valence-electron chi connectivity index (χ2n) is 5.96. The minimum Gasteiger partial charge on any atom is -1.00 e. The van der Waals surface area contributed by atoms with E-state index >= 15 is 0 Å². The highest BCUT2D eigenvalue weighted by atomic mass is 35.5. The minimum absolute atomic E-state index is 0. The van der Waals surface area contributed by atoms with Crippen molar-refractivity contribution in [3.8, 4) is 0 Å². The zero-order chi connectivity index (χ0) is 13.7. The molecule has 0 heterocycles. The molecule has 0 spiro atoms. The van der Waals surface area contributed by atoms with Crippen molar-refractivity contribution in [1.82, 2.24) is 0 Å². The molecule has 0 saturated carbocycles. The third-order valence-corrected chi connectivity index (χ3v) is 4.16. The molecule has 2 heteroatoms. The summed E-state index contributed by atoms with van der Waals surface area (Å²) in [5, 5.41) is 8.29. The summed E-state index contributed by atoms with van der Waals surface area (Å²) in [4.78, 5) is 1.46. The molecule has 4 aromatic carbocycles. The highest BCUT2D eigenvalue weighted by molar-refractivity contribution is 6.23. The fourth-order valence-electron chi connectivity index (χ4n) is 3.33. The molecule has 0 saturated heterocycles. The van der Waals surface area contributed by atoms with E-state index in [1.807, 2.05) is 0 Å². The Labute approximate surface area is 130 Å². The first-order chi connectivity index (χ1) is 9.74. The van der Waals surface area contributed by atoms with Crippen LogP contribution in [0, 0.1) is 0 Å². The lowest BCUT2D eigenvalue weighted by atomic mass is 9.92. The van der Waals surface area contributed by atoms with Gasteiger partial charge in [0.15, 0.2) is 0 Å². The maximum Gasteiger partial charge on any atom is 0.103 e. The first kappa shape index (κ1) is 14.1. The van der Waals surface area contributed by atoms with Crippen molar-refractivity contribution in [3.05, 3.63) is 60.2 Å². The number of nitrogens with one attached hydrogen (secondary N) is 1. The molecule has 0 amide bonds. The average molecular weight is 296 g/mol. The number of hydrogen-bond donors (Lipinski definition) is 1. The van der Waals surface area contributed by atoms with Gasteiger partial charge in [0.1, 0.15) is 6.54 Å². The topological polar surface area (TPSA) is 4.44 Å². The van der Waals surface area contributed by atoms with Crippen LogP contribution in [-0.4, -0.2) is 14.1 Å². The van der Waals surface area contributed by atoms with Crippen LogP contribution in [0.4, 0.5) is 0 Å². The summed E-state index contributed by atoms with van der Waals surface area (Å²) >= 11 is 0. The van der Waals surface area contributed by atoms with Crippen LogP contribution >= 0.6 is 0 Å². The van der Waals surface area contributed by atoms with Crippen molar-refractivity contribution in [2.75, 3.05) is 14.1 Å². The highest BCUT2D eigenvalue weighted by Crippen LogP contribution is 2.35. The summed E-state index contributed by atoms with van der Waals surface area (Å²) < 4.78 is 0. The number of quaternary nitrogens is 1. The number of hydrogen-bond acceptors (Lipinski definition) is 0. The predicted octanol–water partition coefficient (Wildman–Crippen LogP) is 0.233. The lowest BCUT2D eigenvalue weighted by Crippen LogP contribution is -3.04. The quantitative estimate of drug-likeness (QED) is 0.505. The Bertz CT molecular complexity index is 895. The molecule has 0 fully saturated rings. The molecule has 0 aromatic heterocycles. The molecule has 1 N–H and O–H groups in total. The normalized spacial score (nSPS) is 11.6. The summed E-state index contributed by atoms with van der Waals surface area (Å²) in [6.07, 6.45) is 0. The Kier molecular flexibility index (Phi) is 3.48. The maximum atomic E-state index is 2.29. The molecule has 0 aliphatic heterocycles. The molecule has 4 rings (SSSR count). The van der Waals surface area contributed by atoms with E-state index in [0.29, 0.717) is 0 Å². The van der Waals surface area contributed by atoms with Crippen molar-refractivity contribution in [2.24, 2.45) is 0 Å². The minimum atomic E-state index is 0. The number of benzene rings is 4. The van der Waals surface area contributed by atoms with Crippen molar-refractivity contribution in [1.29, 1.82) is 0 Å². The van der Waals surface area contributed by atoms with Crippen molar-refractivity contribution in [3.63, 3.8) is 0 Å². The molecule has 1 nitrogen and oxygen atoms in total. The van der Waals surface area contributed by atoms with Gasteiger partial charge < -0.3 is 17.3 Å². The maximum absolute atomic E-state index is 2.29. The van der Waals surface area contributed by atoms with E-state index in [2.05, 4.69) is 68.7 Å². The van der Waals surface area contributed by atoms with E-state index in [0.717, 1.165) is 6.54 Å². The Morgan fingerprint density at radius 2 is 1.29 bits per heavy atom. The average Bonchev–Trinajstić information content (AvgIpc) is 2.46. The molecular formula is C19H18ClN. The first-order valence-corrected chi connectivity index (χ1v) is 7.18. The molecular weight excluding hydrogens is 278 g/mol. The summed E-state index contributed by atoms with van der Waals surface area (Å²) in [5.41, 5.74) is 1.44. The summed E-state index contributed by atoms with van der Waals surface area (Å²) in [5.74, 6) is 0. The third-order valence-electron chi connectivity index (χ3n) is 4.16. The van der Waals surface area contributed by atoms with Crippen LogP contribution in [0.1, 0.15) is 5.56 Å². The summed E-state index contributed by atoms with van der Waals surface area (Å²) in [6, 6.07) is 20.2. The Morgan fingerprint density at radius 3 is 1.95 bits per heavy atom. The monoisotopic (exact) mass is 295 g/mol. The van der Waals surface area contributed by atoms with Gasteiger partial charge in [-0.1, -0.05) is 54.6 Å². The van der Waals surface area contributed by atoms with Crippen LogP contribution in [0.2, 0.25) is 0 Å². The van der Waals surface area contributed by atoms with E-state index in [1.54, 1.807) is 0 Å². The van der Waals surface area contributed by atoms with Gasteiger partial charge in [-0.05, 0) is 32.3 Å². The lowest BCUT2D eigenvalue weighted by molar-refractivity contribution is -0.872. The van der Waals surface area contributed by atoms with Crippen LogP contribution in [0.3, 0.4) is 0 Å². The lowest BCUT2D eigenvalue weighted by Gasteiger charge is -2.15. The largest absolute Gasteiger partial charge is 1.00 e. The molecule has 0 unspecified atom stereocenters. The van der Waals surface area contributed by atoms with Crippen LogP contribution in [0.25, 0.3) is 32.3 Å². The summed E-state index contributed by atoms with van der Waals surface area (Å²) in [7, 11) is 4.41. The molecule has 0 radical (unpaired) electrons. The van der Waals surface area contributed by atoms with Crippen molar-refractivity contribution in [2.45, 2.75) is 6.54 Å². The molecule has 0 atom stereocenters. The van der Waals surface area contributed by atoms with E-state index in [1.165, 1.54) is 42.8 Å². The van der Waals surface area contributed by atoms with Crippen LogP contribution in [0.15, 0.2) is 54.6 Å². The van der Waals surface area contributed by atoms with Crippen LogP contribution < -0.4 is 17.3 Å². The second-order valence-corrected chi connectivity index (χ2v) is 5.96. The van der Waals surface area contributed by atoms with Crippen LogP contribution in [-0.2, 0) is 6.54 Å². The molecule has 4 aromatic rings. The van der Waals surface area contributed by atoms with Gasteiger partial charge in [-0.25, -0.2) is 0 Å². The fraction of sp³-hybridized carbons (Fsp3) is 0.158. The molecule has 0 aliphatic rings. The Morgan fingerprint density at radius 1 is 0.714 bits per heavy atom. The van der Waals surface area contributed by atoms with Gasteiger partial charge in [0, 0.05) is 5.56 Å². The Balaban J connectivity index is 0.00000132. The van der Waals surface area contributed by atoms with Gasteiger partial charge in [0.2, 0.25) is 0 Å². The molecule has 0 aliphatic carbocycles. The van der Waals surface area contributed by atoms with Crippen molar-refractivity contribution >= 4 is 32.3 Å². The van der Waals surface area contributed by atoms with Crippen molar-refractivity contribution < 1.29 is 17.3 Å². The predicted molar refractivity (Wildman–Crippen MR) is 86.7 cm³/mol. The van der Waals surface area contributed by atoms with Gasteiger partial charge in [-0.15, -0.1) is 0 Å². The number of halogens is 1. The first-order valence-electron chi connectivity index (χ1n) is 7.18. The van der Waals surface area contributed by atoms with Gasteiger partial charge in [0.05, 0.1) is 14.1 Å². The van der Waals surface area contributed by atoms with Gasteiger partial charge >= 0.3 is 0 Å². The second kappa shape index (κ2) is 5.18. The van der Waals surface area contributed by atoms with E-state index in [-0.39, 0.29) is 12.4 Å². The van der Waals surface area contributed by atoms with Gasteiger partial charge in [-0.2, -0.15) is 0 Å². The van der Waals surface area contributed by atoms with E-state index in [9.17, 15) is 0 Å². The SMILES string of the molecule is C[NH+](C)Cc1ccc2ccc3cccc4ccc1c2c34.[Cl-]. The standard InChI is InChI=1S/C19H17N.ClH/c1-20(2)12-16-9-8-15-7-6-13-4-3-5-14-10-11-17(16)19(15)18(13)14;/h3-11H,12H2,1-2H3;1H. The molecule has 0 bridgehead atoms. The Hall–Kier alpha value is -1.83. The van der Waals surface area contributed by atoms with Crippen LogP contribution in [0.5, 0.6) is 0 Å². The highest BCUT2D eigenvalue weighted by Gasteiger charge is 2.11. The third kappa shape index (κ3) is 2.14.